The van der Waals surface area contributed by atoms with Gasteiger partial charge in [0.15, 0.2) is 6.04 Å². The van der Waals surface area contributed by atoms with Crippen molar-refractivity contribution in [2.75, 3.05) is 19.8 Å². The van der Waals surface area contributed by atoms with E-state index in [4.69, 9.17) is 9.84 Å². The van der Waals surface area contributed by atoms with Crippen molar-refractivity contribution in [2.45, 2.75) is 12.5 Å². The Balaban J connectivity index is 1.80. The maximum Gasteiger partial charge on any atom is 0.328 e. The third-order valence-electron chi connectivity index (χ3n) is 3.60. The highest BCUT2D eigenvalue weighted by Gasteiger charge is 2.32. The van der Waals surface area contributed by atoms with E-state index >= 15 is 0 Å². The van der Waals surface area contributed by atoms with Crippen molar-refractivity contribution in [1.29, 1.82) is 0 Å². The van der Waals surface area contributed by atoms with Gasteiger partial charge in [-0.15, -0.1) is 0 Å². The lowest BCUT2D eigenvalue weighted by atomic mass is 10.1. The van der Waals surface area contributed by atoms with Gasteiger partial charge < -0.3 is 14.7 Å². The summed E-state index contributed by atoms with van der Waals surface area (Å²) in [5, 5.41) is 17.0. The smallest absolute Gasteiger partial charge is 0.328 e. The van der Waals surface area contributed by atoms with Crippen LogP contribution in [0.5, 0.6) is 0 Å². The van der Waals surface area contributed by atoms with Gasteiger partial charge in [0.05, 0.1) is 30.8 Å². The number of hydrogen-bond acceptors (Lipinski definition) is 4. The number of rotatable bonds is 3. The summed E-state index contributed by atoms with van der Waals surface area (Å²) in [5.74, 6) is -1.28. The van der Waals surface area contributed by atoms with Gasteiger partial charge in [0.25, 0.3) is 0 Å². The number of aromatic amines is 1. The molecular formula is C14H15N3O4. The highest BCUT2D eigenvalue weighted by molar-refractivity contribution is 5.89. The van der Waals surface area contributed by atoms with E-state index in [0.717, 1.165) is 10.9 Å². The Morgan fingerprint density at radius 2 is 2.24 bits per heavy atom. The molecular weight excluding hydrogens is 274 g/mol. The molecule has 1 aliphatic rings. The van der Waals surface area contributed by atoms with Gasteiger partial charge in [-0.3, -0.25) is 9.89 Å². The van der Waals surface area contributed by atoms with Crippen LogP contribution in [-0.4, -0.2) is 57.9 Å². The maximum absolute atomic E-state index is 12.4. The SMILES string of the molecule is O=C(O)C1COCCN1C(=O)Cc1[nH]nc2ccccc12. The number of carbonyl (C=O) groups excluding carboxylic acids is 1. The summed E-state index contributed by atoms with van der Waals surface area (Å²) in [6.07, 6.45) is 0.101. The lowest BCUT2D eigenvalue weighted by Gasteiger charge is -2.32. The fraction of sp³-hybridized carbons (Fsp3) is 0.357. The summed E-state index contributed by atoms with van der Waals surface area (Å²) < 4.78 is 5.13. The van der Waals surface area contributed by atoms with E-state index in [1.54, 1.807) is 0 Å². The summed E-state index contributed by atoms with van der Waals surface area (Å²) >= 11 is 0. The molecule has 110 valence electrons. The Morgan fingerprint density at radius 3 is 3.05 bits per heavy atom. The summed E-state index contributed by atoms with van der Waals surface area (Å²) in [6.45, 7) is 0.686. The second kappa shape index (κ2) is 5.53. The molecule has 0 saturated carbocycles. The summed E-state index contributed by atoms with van der Waals surface area (Å²) in [5.41, 5.74) is 1.49. The van der Waals surface area contributed by atoms with Gasteiger partial charge in [-0.25, -0.2) is 4.79 Å². The predicted octanol–water partition coefficient (Wildman–Crippen LogP) is 0.417. The van der Waals surface area contributed by atoms with E-state index in [9.17, 15) is 9.59 Å². The first-order chi connectivity index (χ1) is 10.2. The Labute approximate surface area is 120 Å². The third kappa shape index (κ3) is 2.59. The van der Waals surface area contributed by atoms with Crippen molar-refractivity contribution in [3.63, 3.8) is 0 Å². The first kappa shape index (κ1) is 13.6. The van der Waals surface area contributed by atoms with Crippen LogP contribution in [-0.2, 0) is 20.7 Å². The molecule has 1 aliphatic heterocycles. The predicted molar refractivity (Wildman–Crippen MR) is 73.8 cm³/mol. The van der Waals surface area contributed by atoms with Gasteiger partial charge in [-0.1, -0.05) is 18.2 Å². The van der Waals surface area contributed by atoms with Crippen LogP contribution in [0.2, 0.25) is 0 Å². The molecule has 2 N–H and O–H groups in total. The number of H-pyrrole nitrogens is 1. The van der Waals surface area contributed by atoms with Crippen molar-refractivity contribution in [3.8, 4) is 0 Å². The van der Waals surface area contributed by atoms with Crippen molar-refractivity contribution in [2.24, 2.45) is 0 Å². The number of carboxylic acids is 1. The molecule has 1 aromatic carbocycles. The van der Waals surface area contributed by atoms with Gasteiger partial charge in [0.1, 0.15) is 0 Å². The van der Waals surface area contributed by atoms with Crippen LogP contribution in [0.4, 0.5) is 0 Å². The van der Waals surface area contributed by atoms with E-state index in [-0.39, 0.29) is 18.9 Å². The number of hydrogen-bond donors (Lipinski definition) is 2. The minimum atomic E-state index is -1.04. The number of ether oxygens (including phenoxy) is 1. The van der Waals surface area contributed by atoms with Crippen molar-refractivity contribution in [3.05, 3.63) is 30.0 Å². The number of nitrogens with one attached hydrogen (secondary N) is 1. The minimum absolute atomic E-state index is 0.0325. The molecule has 1 unspecified atom stereocenters. The van der Waals surface area contributed by atoms with Crippen LogP contribution >= 0.6 is 0 Å². The average molecular weight is 289 g/mol. The number of aliphatic carboxylic acids is 1. The van der Waals surface area contributed by atoms with Gasteiger partial charge >= 0.3 is 5.97 Å². The normalized spacial score (nSPS) is 18.9. The van der Waals surface area contributed by atoms with Crippen LogP contribution in [0.25, 0.3) is 10.9 Å². The summed E-state index contributed by atoms with van der Waals surface area (Å²) in [4.78, 5) is 24.9. The van der Waals surface area contributed by atoms with Gasteiger partial charge in [0, 0.05) is 11.9 Å². The molecule has 1 amide bonds. The molecule has 1 saturated heterocycles. The van der Waals surface area contributed by atoms with Crippen LogP contribution < -0.4 is 0 Å². The monoisotopic (exact) mass is 289 g/mol. The number of amides is 1. The Bertz CT molecular complexity index is 682. The standard InChI is InChI=1S/C14H15N3O4/c18-13(17-5-6-21-8-12(17)14(19)20)7-11-9-3-1-2-4-10(9)15-16-11/h1-4,12H,5-8H2,(H,15,16)(H,19,20). The molecule has 7 nitrogen and oxygen atoms in total. The van der Waals surface area contributed by atoms with Crippen LogP contribution in [0.15, 0.2) is 24.3 Å². The van der Waals surface area contributed by atoms with E-state index < -0.39 is 12.0 Å². The topological polar surface area (TPSA) is 95.5 Å². The van der Waals surface area contributed by atoms with Crippen molar-refractivity contribution >= 4 is 22.8 Å². The van der Waals surface area contributed by atoms with Crippen LogP contribution in [0, 0.1) is 0 Å². The first-order valence-corrected chi connectivity index (χ1v) is 6.69. The first-order valence-electron chi connectivity index (χ1n) is 6.69. The van der Waals surface area contributed by atoms with Gasteiger partial charge in [-0.2, -0.15) is 5.10 Å². The molecule has 0 spiro atoms. The summed E-state index contributed by atoms with van der Waals surface area (Å²) in [7, 11) is 0. The molecule has 7 heteroatoms. The zero-order chi connectivity index (χ0) is 14.8. The Morgan fingerprint density at radius 1 is 1.43 bits per heavy atom. The molecule has 0 radical (unpaired) electrons. The number of aromatic nitrogens is 2. The fourth-order valence-electron chi connectivity index (χ4n) is 2.51. The number of benzene rings is 1. The second-order valence-electron chi connectivity index (χ2n) is 4.91. The number of carboxylic acid groups (broad SMARTS) is 1. The Kier molecular flexibility index (Phi) is 3.57. The van der Waals surface area contributed by atoms with Crippen LogP contribution in [0.3, 0.4) is 0 Å². The van der Waals surface area contributed by atoms with Gasteiger partial charge in [-0.05, 0) is 6.07 Å². The number of carbonyl (C=O) groups is 2. The van der Waals surface area contributed by atoms with E-state index in [2.05, 4.69) is 10.2 Å². The molecule has 0 aliphatic carbocycles. The molecule has 1 fully saturated rings. The molecule has 3 rings (SSSR count). The van der Waals surface area contributed by atoms with Gasteiger partial charge in [0.2, 0.25) is 5.91 Å². The van der Waals surface area contributed by atoms with E-state index in [1.165, 1.54) is 4.90 Å². The lowest BCUT2D eigenvalue weighted by Crippen LogP contribution is -2.53. The number of para-hydroxylation sites is 1. The fourth-order valence-corrected chi connectivity index (χ4v) is 2.51. The number of nitrogens with zero attached hydrogens (tertiary/aromatic N) is 2. The van der Waals surface area contributed by atoms with E-state index in [1.807, 2.05) is 24.3 Å². The van der Waals surface area contributed by atoms with Crippen molar-refractivity contribution < 1.29 is 19.4 Å². The molecule has 1 aromatic heterocycles. The number of morpholine rings is 1. The van der Waals surface area contributed by atoms with Crippen molar-refractivity contribution in [1.82, 2.24) is 15.1 Å². The minimum Gasteiger partial charge on any atom is -0.480 e. The van der Waals surface area contributed by atoms with Crippen LogP contribution in [0.1, 0.15) is 5.69 Å². The third-order valence-corrected chi connectivity index (χ3v) is 3.60. The van der Waals surface area contributed by atoms with E-state index in [0.29, 0.717) is 18.8 Å². The molecule has 1 atom stereocenters. The quantitative estimate of drug-likeness (QED) is 0.853. The zero-order valence-electron chi connectivity index (χ0n) is 11.3. The molecule has 21 heavy (non-hydrogen) atoms. The average Bonchev–Trinajstić information content (AvgIpc) is 2.90. The lowest BCUT2D eigenvalue weighted by molar-refractivity contribution is -0.158. The Hall–Kier alpha value is -2.41. The zero-order valence-corrected chi connectivity index (χ0v) is 11.3. The molecule has 0 bridgehead atoms. The number of fused-ring (bicyclic) bond motifs is 1. The largest absolute Gasteiger partial charge is 0.480 e. The molecule has 2 aromatic rings. The highest BCUT2D eigenvalue weighted by Crippen LogP contribution is 2.17. The molecule has 2 heterocycles. The second-order valence-corrected chi connectivity index (χ2v) is 4.91. The summed E-state index contributed by atoms with van der Waals surface area (Å²) in [6, 6.07) is 6.57. The maximum atomic E-state index is 12.4. The highest BCUT2D eigenvalue weighted by atomic mass is 16.5.